The fourth-order valence-electron chi connectivity index (χ4n) is 4.03. The van der Waals surface area contributed by atoms with Crippen molar-refractivity contribution in [3.63, 3.8) is 0 Å². The lowest BCUT2D eigenvalue weighted by molar-refractivity contribution is -0.384. The molecule has 0 atom stereocenters. The highest BCUT2D eigenvalue weighted by molar-refractivity contribution is 6.03. The van der Waals surface area contributed by atoms with E-state index in [9.17, 15) is 39.8 Å². The number of benzene rings is 4. The summed E-state index contributed by atoms with van der Waals surface area (Å²) in [7, 11) is 0. The number of carboxylic acid groups (broad SMARTS) is 2. The molecule has 0 amide bonds. The number of nitrogens with zero attached hydrogens (tertiary/aromatic N) is 1. The van der Waals surface area contributed by atoms with Crippen LogP contribution in [0.25, 0.3) is 0 Å². The van der Waals surface area contributed by atoms with Crippen LogP contribution in [0, 0.1) is 15.5 Å². The average Bonchev–Trinajstić information content (AvgIpc) is 3.03. The van der Waals surface area contributed by atoms with Crippen molar-refractivity contribution in [1.82, 2.24) is 0 Å². The summed E-state index contributed by atoms with van der Waals surface area (Å²) >= 11 is 0. The van der Waals surface area contributed by atoms with Crippen LogP contribution in [0.4, 0.5) is 5.69 Å². The molecule has 4 rings (SSSR count). The summed E-state index contributed by atoms with van der Waals surface area (Å²) in [5.41, 5.74) is -1.54. The lowest BCUT2D eigenvalue weighted by Crippen LogP contribution is -2.28. The second kappa shape index (κ2) is 14.8. The monoisotopic (exact) mass is 647 g/mol. The smallest absolute Gasteiger partial charge is 0.344 e. The minimum absolute atomic E-state index is 0.0164. The van der Waals surface area contributed by atoms with Crippen molar-refractivity contribution in [2.24, 2.45) is 5.41 Å². The van der Waals surface area contributed by atoms with Gasteiger partial charge in [-0.2, -0.15) is 4.89 Å². The largest absolute Gasteiger partial charge is 0.508 e. The number of rotatable bonds is 15. The molecule has 3 N–H and O–H groups in total. The normalized spacial score (nSPS) is 10.9. The average molecular weight is 648 g/mol. The lowest BCUT2D eigenvalue weighted by atomic mass is 9.96. The number of esters is 1. The van der Waals surface area contributed by atoms with E-state index in [4.69, 9.17) is 24.0 Å². The van der Waals surface area contributed by atoms with Crippen LogP contribution < -0.4 is 19.1 Å². The summed E-state index contributed by atoms with van der Waals surface area (Å²) in [6, 6.07) is 19.2. The molecule has 0 fully saturated rings. The Hall–Kier alpha value is -6.15. The minimum atomic E-state index is -1.43. The van der Waals surface area contributed by atoms with Gasteiger partial charge in [0.15, 0.2) is 5.75 Å². The van der Waals surface area contributed by atoms with Crippen molar-refractivity contribution < 1.29 is 58.6 Å². The fourth-order valence-corrected chi connectivity index (χ4v) is 4.03. The molecule has 0 unspecified atom stereocenters. The number of hydrogen-bond donors (Lipinski definition) is 3. The summed E-state index contributed by atoms with van der Waals surface area (Å²) in [5, 5.41) is 39.3. The maximum atomic E-state index is 12.6. The molecule has 0 aromatic heterocycles. The lowest BCUT2D eigenvalue weighted by Gasteiger charge is -2.25. The van der Waals surface area contributed by atoms with Crippen molar-refractivity contribution in [3.05, 3.63) is 117 Å². The molecule has 244 valence electrons. The number of aromatic carboxylic acids is 2. The third kappa shape index (κ3) is 9.42. The Morgan fingerprint density at radius 3 is 1.81 bits per heavy atom. The van der Waals surface area contributed by atoms with Crippen LogP contribution in [0.2, 0.25) is 0 Å². The molecule has 0 saturated heterocycles. The molecule has 4 aromatic rings. The van der Waals surface area contributed by atoms with Gasteiger partial charge in [-0.3, -0.25) is 10.1 Å². The van der Waals surface area contributed by atoms with E-state index in [1.165, 1.54) is 30.3 Å². The van der Waals surface area contributed by atoms with E-state index in [1.807, 2.05) is 13.8 Å². The van der Waals surface area contributed by atoms with Crippen LogP contribution in [0.5, 0.6) is 28.7 Å². The summed E-state index contributed by atoms with van der Waals surface area (Å²) in [4.78, 5) is 56.1. The molecule has 0 heterocycles. The highest BCUT2D eigenvalue weighted by atomic mass is 17.2. The number of phenols is 1. The molecule has 0 aliphatic heterocycles. The van der Waals surface area contributed by atoms with Gasteiger partial charge < -0.3 is 34.4 Å². The Morgan fingerprint density at radius 2 is 1.26 bits per heavy atom. The first-order valence-corrected chi connectivity index (χ1v) is 13.9. The first kappa shape index (κ1) is 33.7. The van der Waals surface area contributed by atoms with E-state index in [0.29, 0.717) is 17.2 Å². The summed E-state index contributed by atoms with van der Waals surface area (Å²) in [5.74, 6) is -2.31. The van der Waals surface area contributed by atoms with Gasteiger partial charge in [0.25, 0.3) is 5.69 Å². The Bertz CT molecular complexity index is 1770. The molecule has 0 bridgehead atoms. The standard InChI is InChI=1S/C33H29NO13/c1-33(2,19-44-24-7-11-26(12-8-24)47-45-17-20-15-22(35)4-14-27(20)30(36)37)18-43-23-5-9-25(10-6-23)46-32(40)29-16-21(34(41)42)3-13-28(29)31(38)39/h3-16,35H,17-19H2,1-2H3,(H,36,37)(H,38,39). The van der Waals surface area contributed by atoms with Gasteiger partial charge in [-0.15, -0.1) is 0 Å². The number of carbonyl (C=O) groups excluding carboxylic acids is 1. The van der Waals surface area contributed by atoms with E-state index in [0.717, 1.165) is 18.2 Å². The molecule has 0 radical (unpaired) electrons. The van der Waals surface area contributed by atoms with Gasteiger partial charge in [0, 0.05) is 23.1 Å². The maximum absolute atomic E-state index is 12.6. The van der Waals surface area contributed by atoms with Gasteiger partial charge in [0.2, 0.25) is 0 Å². The molecular formula is C33H29NO13. The number of aromatic hydroxyl groups is 1. The summed E-state index contributed by atoms with van der Waals surface area (Å²) in [6.07, 6.45) is 0. The van der Waals surface area contributed by atoms with Gasteiger partial charge >= 0.3 is 17.9 Å². The molecule has 0 aliphatic carbocycles. The van der Waals surface area contributed by atoms with Crippen molar-refractivity contribution in [1.29, 1.82) is 0 Å². The zero-order chi connectivity index (χ0) is 34.1. The van der Waals surface area contributed by atoms with Gasteiger partial charge in [-0.1, -0.05) is 13.8 Å². The molecule has 4 aromatic carbocycles. The van der Waals surface area contributed by atoms with Gasteiger partial charge in [-0.25, -0.2) is 14.4 Å². The van der Waals surface area contributed by atoms with Gasteiger partial charge in [-0.05, 0) is 72.8 Å². The van der Waals surface area contributed by atoms with Crippen LogP contribution in [0.15, 0.2) is 84.9 Å². The zero-order valence-corrected chi connectivity index (χ0v) is 25.1. The predicted octanol–water partition coefficient (Wildman–Crippen LogP) is 5.91. The fraction of sp³-hybridized carbons (Fsp3) is 0.182. The molecule has 0 spiro atoms. The van der Waals surface area contributed by atoms with E-state index >= 15 is 0 Å². The van der Waals surface area contributed by atoms with Crippen molar-refractivity contribution in [3.8, 4) is 28.7 Å². The van der Waals surface area contributed by atoms with Crippen LogP contribution in [-0.2, 0) is 11.5 Å². The second-order valence-corrected chi connectivity index (χ2v) is 10.9. The summed E-state index contributed by atoms with van der Waals surface area (Å²) in [6.45, 7) is 4.19. The Morgan fingerprint density at radius 1 is 0.723 bits per heavy atom. The number of nitro benzene ring substituents is 1. The van der Waals surface area contributed by atoms with Gasteiger partial charge in [0.1, 0.15) is 29.6 Å². The third-order valence-corrected chi connectivity index (χ3v) is 6.47. The number of carbonyl (C=O) groups is 3. The number of nitro groups is 1. The van der Waals surface area contributed by atoms with Crippen LogP contribution >= 0.6 is 0 Å². The molecular weight excluding hydrogens is 618 g/mol. The number of hydrogen-bond acceptors (Lipinski definition) is 11. The van der Waals surface area contributed by atoms with E-state index in [-0.39, 0.29) is 42.4 Å². The second-order valence-electron chi connectivity index (χ2n) is 10.9. The minimum Gasteiger partial charge on any atom is -0.508 e. The third-order valence-electron chi connectivity index (χ3n) is 6.47. The van der Waals surface area contributed by atoms with E-state index in [1.54, 1.807) is 36.4 Å². The maximum Gasteiger partial charge on any atom is 0.344 e. The van der Waals surface area contributed by atoms with E-state index < -0.39 is 45.1 Å². The number of non-ortho nitro benzene ring substituents is 1. The van der Waals surface area contributed by atoms with Crippen LogP contribution in [-0.4, -0.2) is 51.4 Å². The Balaban J connectivity index is 1.24. The zero-order valence-electron chi connectivity index (χ0n) is 25.1. The molecule has 14 heteroatoms. The van der Waals surface area contributed by atoms with E-state index in [2.05, 4.69) is 0 Å². The SMILES string of the molecule is CC(C)(COc1ccc(OOCc2cc(O)ccc2C(=O)O)cc1)COc1ccc(OC(=O)c2cc([N+](=O)[O-])ccc2C(=O)O)cc1. The highest BCUT2D eigenvalue weighted by Crippen LogP contribution is 2.26. The first-order chi connectivity index (χ1) is 22.3. The van der Waals surface area contributed by atoms with Gasteiger partial charge in [0.05, 0.1) is 34.8 Å². The quantitative estimate of drug-likeness (QED) is 0.0452. The predicted molar refractivity (Wildman–Crippen MR) is 163 cm³/mol. The molecule has 0 aliphatic rings. The van der Waals surface area contributed by atoms with Crippen molar-refractivity contribution in [2.75, 3.05) is 13.2 Å². The topological polar surface area (TPSA) is 201 Å². The number of phenolic OH excluding ortho intramolecular Hbond substituents is 1. The molecule has 14 nitrogen and oxygen atoms in total. The first-order valence-electron chi connectivity index (χ1n) is 13.9. The number of carboxylic acids is 2. The number of ether oxygens (including phenoxy) is 3. The van der Waals surface area contributed by atoms with Crippen molar-refractivity contribution >= 4 is 23.6 Å². The molecule has 47 heavy (non-hydrogen) atoms. The Kier molecular flexibility index (Phi) is 10.6. The van der Waals surface area contributed by atoms with Crippen LogP contribution in [0.3, 0.4) is 0 Å². The summed E-state index contributed by atoms with van der Waals surface area (Å²) < 4.78 is 17.0. The van der Waals surface area contributed by atoms with Crippen LogP contribution in [0.1, 0.15) is 50.5 Å². The highest BCUT2D eigenvalue weighted by Gasteiger charge is 2.23. The molecule has 0 saturated carbocycles. The van der Waals surface area contributed by atoms with Crippen molar-refractivity contribution in [2.45, 2.75) is 20.5 Å². The Labute approximate surface area is 267 Å².